The van der Waals surface area contributed by atoms with E-state index in [1.54, 1.807) is 0 Å². The average molecular weight is 328 g/mol. The molecular formula is C14H22BrN3O. The van der Waals surface area contributed by atoms with Crippen LogP contribution in [0.2, 0.25) is 0 Å². The minimum Gasteiger partial charge on any atom is -0.340 e. The zero-order valence-electron chi connectivity index (χ0n) is 11.9. The Balaban J connectivity index is 2.12. The molecule has 0 N–H and O–H groups in total. The number of hydrogen-bond donors (Lipinski definition) is 0. The van der Waals surface area contributed by atoms with Gasteiger partial charge in [0.1, 0.15) is 5.69 Å². The maximum atomic E-state index is 12.6. The molecule has 0 atom stereocenters. The first-order valence-electron chi connectivity index (χ1n) is 6.92. The van der Waals surface area contributed by atoms with Crippen molar-refractivity contribution in [1.82, 2.24) is 14.4 Å². The first kappa shape index (κ1) is 14.6. The highest BCUT2D eigenvalue weighted by Gasteiger charge is 2.24. The van der Waals surface area contributed by atoms with Gasteiger partial charge in [0, 0.05) is 42.9 Å². The monoisotopic (exact) mass is 327 g/mol. The minimum absolute atomic E-state index is 0.148. The third-order valence-electron chi connectivity index (χ3n) is 3.70. The van der Waals surface area contributed by atoms with Gasteiger partial charge in [0.05, 0.1) is 0 Å². The van der Waals surface area contributed by atoms with Crippen LogP contribution < -0.4 is 0 Å². The SMILES string of the molecule is CCN1CCN(C(=O)c2cc(Br)cn2C(C)C)CC1. The summed E-state index contributed by atoms with van der Waals surface area (Å²) in [6.07, 6.45) is 1.99. The first-order valence-corrected chi connectivity index (χ1v) is 7.71. The molecule has 2 heterocycles. The Morgan fingerprint density at radius 2 is 1.95 bits per heavy atom. The molecule has 4 nitrogen and oxygen atoms in total. The fourth-order valence-electron chi connectivity index (χ4n) is 2.47. The molecule has 0 aromatic carbocycles. The lowest BCUT2D eigenvalue weighted by Gasteiger charge is -2.34. The lowest BCUT2D eigenvalue weighted by molar-refractivity contribution is 0.0631. The van der Waals surface area contributed by atoms with E-state index in [1.165, 1.54) is 0 Å². The molecular weight excluding hydrogens is 306 g/mol. The van der Waals surface area contributed by atoms with Gasteiger partial charge in [-0.1, -0.05) is 6.92 Å². The van der Waals surface area contributed by atoms with Crippen molar-refractivity contribution in [1.29, 1.82) is 0 Å². The van der Waals surface area contributed by atoms with Crippen molar-refractivity contribution in [3.8, 4) is 0 Å². The van der Waals surface area contributed by atoms with E-state index in [-0.39, 0.29) is 5.91 Å². The topological polar surface area (TPSA) is 28.5 Å². The highest BCUT2D eigenvalue weighted by atomic mass is 79.9. The molecule has 106 valence electrons. The zero-order valence-corrected chi connectivity index (χ0v) is 13.5. The molecule has 0 spiro atoms. The fourth-order valence-corrected chi connectivity index (χ4v) is 2.91. The summed E-state index contributed by atoms with van der Waals surface area (Å²) in [4.78, 5) is 16.9. The number of carbonyl (C=O) groups is 1. The van der Waals surface area contributed by atoms with Crippen molar-refractivity contribution in [2.24, 2.45) is 0 Å². The van der Waals surface area contributed by atoms with Crippen LogP contribution in [0.15, 0.2) is 16.7 Å². The highest BCUT2D eigenvalue weighted by molar-refractivity contribution is 9.10. The number of halogens is 1. The van der Waals surface area contributed by atoms with Gasteiger partial charge in [0.2, 0.25) is 0 Å². The molecule has 1 aliphatic heterocycles. The van der Waals surface area contributed by atoms with Gasteiger partial charge in [0.15, 0.2) is 0 Å². The molecule has 2 rings (SSSR count). The quantitative estimate of drug-likeness (QED) is 0.853. The molecule has 0 aliphatic carbocycles. The van der Waals surface area contributed by atoms with Crippen LogP contribution in [0.25, 0.3) is 0 Å². The maximum Gasteiger partial charge on any atom is 0.270 e. The van der Waals surface area contributed by atoms with E-state index in [2.05, 4.69) is 41.6 Å². The number of aromatic nitrogens is 1. The zero-order chi connectivity index (χ0) is 14.0. The molecule has 0 radical (unpaired) electrons. The number of piperazine rings is 1. The lowest BCUT2D eigenvalue weighted by Crippen LogP contribution is -2.48. The van der Waals surface area contributed by atoms with Crippen LogP contribution >= 0.6 is 15.9 Å². The molecule has 0 bridgehead atoms. The van der Waals surface area contributed by atoms with Crippen LogP contribution in [-0.2, 0) is 0 Å². The van der Waals surface area contributed by atoms with Crippen molar-refractivity contribution >= 4 is 21.8 Å². The van der Waals surface area contributed by atoms with Crippen LogP contribution in [0, 0.1) is 0 Å². The maximum absolute atomic E-state index is 12.6. The van der Waals surface area contributed by atoms with Gasteiger partial charge in [-0.05, 0) is 42.4 Å². The summed E-state index contributed by atoms with van der Waals surface area (Å²) >= 11 is 3.46. The molecule has 1 aromatic heterocycles. The Hall–Kier alpha value is -0.810. The first-order chi connectivity index (χ1) is 9.02. The highest BCUT2D eigenvalue weighted by Crippen LogP contribution is 2.21. The van der Waals surface area contributed by atoms with Crippen LogP contribution in [0.3, 0.4) is 0 Å². The third kappa shape index (κ3) is 3.20. The van der Waals surface area contributed by atoms with E-state index in [1.807, 2.05) is 21.7 Å². The van der Waals surface area contributed by atoms with Crippen molar-refractivity contribution in [3.05, 3.63) is 22.4 Å². The summed E-state index contributed by atoms with van der Waals surface area (Å²) in [6, 6.07) is 2.22. The van der Waals surface area contributed by atoms with Crippen molar-refractivity contribution in [2.75, 3.05) is 32.7 Å². The van der Waals surface area contributed by atoms with Crippen LogP contribution in [0.5, 0.6) is 0 Å². The van der Waals surface area contributed by atoms with E-state index in [0.29, 0.717) is 6.04 Å². The summed E-state index contributed by atoms with van der Waals surface area (Å²) < 4.78 is 3.01. The van der Waals surface area contributed by atoms with Crippen LogP contribution in [0.1, 0.15) is 37.3 Å². The largest absolute Gasteiger partial charge is 0.340 e. The lowest BCUT2D eigenvalue weighted by atomic mass is 10.2. The standard InChI is InChI=1S/C14H22BrN3O/c1-4-16-5-7-17(8-6-16)14(19)13-9-12(15)10-18(13)11(2)3/h9-11H,4-8H2,1-3H3. The minimum atomic E-state index is 0.148. The van der Waals surface area contributed by atoms with Gasteiger partial charge in [0.25, 0.3) is 5.91 Å². The number of rotatable bonds is 3. The van der Waals surface area contributed by atoms with Gasteiger partial charge in [-0.25, -0.2) is 0 Å². The van der Waals surface area contributed by atoms with E-state index in [4.69, 9.17) is 0 Å². The number of hydrogen-bond acceptors (Lipinski definition) is 2. The Bertz CT molecular complexity index is 448. The summed E-state index contributed by atoms with van der Waals surface area (Å²) in [7, 11) is 0. The van der Waals surface area contributed by atoms with Crippen molar-refractivity contribution in [2.45, 2.75) is 26.8 Å². The van der Waals surface area contributed by atoms with E-state index in [9.17, 15) is 4.79 Å². The van der Waals surface area contributed by atoms with Gasteiger partial charge in [-0.3, -0.25) is 4.79 Å². The second-order valence-electron chi connectivity index (χ2n) is 5.27. The summed E-state index contributed by atoms with van der Waals surface area (Å²) in [5, 5.41) is 0. The molecule has 1 amide bonds. The molecule has 5 heteroatoms. The molecule has 19 heavy (non-hydrogen) atoms. The average Bonchev–Trinajstić information content (AvgIpc) is 2.80. The predicted octanol–water partition coefficient (Wildman–Crippen LogP) is 2.61. The molecule has 0 unspecified atom stereocenters. The van der Waals surface area contributed by atoms with E-state index >= 15 is 0 Å². The van der Waals surface area contributed by atoms with Gasteiger partial charge >= 0.3 is 0 Å². The molecule has 1 aromatic rings. The third-order valence-corrected chi connectivity index (χ3v) is 4.13. The van der Waals surface area contributed by atoms with Gasteiger partial charge < -0.3 is 14.4 Å². The number of likely N-dealkylation sites (N-methyl/N-ethyl adjacent to an activating group) is 1. The van der Waals surface area contributed by atoms with E-state index < -0.39 is 0 Å². The number of carbonyl (C=O) groups excluding carboxylic acids is 1. The number of nitrogens with zero attached hydrogens (tertiary/aromatic N) is 3. The van der Waals surface area contributed by atoms with Crippen molar-refractivity contribution in [3.63, 3.8) is 0 Å². The summed E-state index contributed by atoms with van der Waals surface area (Å²) in [5.74, 6) is 0.148. The van der Waals surface area contributed by atoms with Crippen LogP contribution in [0.4, 0.5) is 0 Å². The molecule has 1 fully saturated rings. The normalized spacial score (nSPS) is 17.2. The fraction of sp³-hybridized carbons (Fsp3) is 0.643. The summed E-state index contributed by atoms with van der Waals surface area (Å²) in [6.45, 7) is 11.0. The van der Waals surface area contributed by atoms with Gasteiger partial charge in [-0.15, -0.1) is 0 Å². The van der Waals surface area contributed by atoms with E-state index in [0.717, 1.165) is 42.9 Å². The summed E-state index contributed by atoms with van der Waals surface area (Å²) in [5.41, 5.74) is 0.784. The number of amides is 1. The predicted molar refractivity (Wildman–Crippen MR) is 80.5 cm³/mol. The molecule has 1 aliphatic rings. The Morgan fingerprint density at radius 3 is 2.47 bits per heavy atom. The smallest absolute Gasteiger partial charge is 0.270 e. The van der Waals surface area contributed by atoms with Gasteiger partial charge in [-0.2, -0.15) is 0 Å². The second-order valence-corrected chi connectivity index (χ2v) is 6.19. The Labute approximate surface area is 123 Å². The Kier molecular flexibility index (Phi) is 4.68. The molecule has 1 saturated heterocycles. The Morgan fingerprint density at radius 1 is 1.32 bits per heavy atom. The second kappa shape index (κ2) is 6.09. The van der Waals surface area contributed by atoms with Crippen molar-refractivity contribution < 1.29 is 4.79 Å². The molecule has 0 saturated carbocycles. The van der Waals surface area contributed by atoms with Crippen LogP contribution in [-0.4, -0.2) is 53.0 Å².